The summed E-state index contributed by atoms with van der Waals surface area (Å²) in [6, 6.07) is 10.1. The smallest absolute Gasteiger partial charge is 0.270 e. The lowest BCUT2D eigenvalue weighted by Crippen LogP contribution is -2.35. The number of rotatable bonds is 5. The number of anilines is 1. The van der Waals surface area contributed by atoms with E-state index in [1.807, 2.05) is 6.07 Å². The molecule has 3 rings (SSSR count). The van der Waals surface area contributed by atoms with Crippen LogP contribution in [0.15, 0.2) is 47.4 Å². The van der Waals surface area contributed by atoms with E-state index in [4.69, 9.17) is 0 Å². The van der Waals surface area contributed by atoms with Gasteiger partial charge in [-0.15, -0.1) is 0 Å². The molecular weight excluding hydrogens is 370 g/mol. The highest BCUT2D eigenvalue weighted by Crippen LogP contribution is 2.25. The Balaban J connectivity index is 1.85. The van der Waals surface area contributed by atoms with Crippen LogP contribution >= 0.6 is 0 Å². The van der Waals surface area contributed by atoms with Crippen LogP contribution in [0.4, 0.5) is 11.4 Å². The number of fused-ring (bicyclic) bond motifs is 1. The highest BCUT2D eigenvalue weighted by atomic mass is 32.2. The number of amides is 1. The fraction of sp³-hybridized carbons (Fsp3) is 0.278. The van der Waals surface area contributed by atoms with Gasteiger partial charge in [0.2, 0.25) is 5.91 Å². The van der Waals surface area contributed by atoms with Gasteiger partial charge in [-0.25, -0.2) is 8.42 Å². The molecule has 8 nitrogen and oxygen atoms in total. The molecule has 0 spiro atoms. The van der Waals surface area contributed by atoms with Crippen LogP contribution in [0.2, 0.25) is 0 Å². The summed E-state index contributed by atoms with van der Waals surface area (Å²) in [7, 11) is -3.97. The van der Waals surface area contributed by atoms with Crippen LogP contribution in [-0.2, 0) is 27.8 Å². The quantitative estimate of drug-likeness (QED) is 0.624. The van der Waals surface area contributed by atoms with Crippen LogP contribution < -0.4 is 4.72 Å². The average Bonchev–Trinajstić information content (AvgIpc) is 2.66. The summed E-state index contributed by atoms with van der Waals surface area (Å²) in [6.07, 6.45) is 1.15. The zero-order chi connectivity index (χ0) is 19.6. The third kappa shape index (κ3) is 4.08. The predicted octanol–water partition coefficient (Wildman–Crippen LogP) is 2.69. The van der Waals surface area contributed by atoms with Crippen LogP contribution in [0.25, 0.3) is 0 Å². The summed E-state index contributed by atoms with van der Waals surface area (Å²) >= 11 is 0. The molecule has 1 amide bonds. The molecule has 0 radical (unpaired) electrons. The molecule has 0 atom stereocenters. The molecule has 0 unspecified atom stereocenters. The number of carbonyl (C=O) groups is 1. The van der Waals surface area contributed by atoms with Crippen LogP contribution in [0, 0.1) is 10.1 Å². The maximum atomic E-state index is 12.6. The summed E-state index contributed by atoms with van der Waals surface area (Å²) in [4.78, 5) is 23.7. The molecule has 142 valence electrons. The van der Waals surface area contributed by atoms with E-state index < -0.39 is 14.9 Å². The van der Waals surface area contributed by atoms with Crippen molar-refractivity contribution in [1.82, 2.24) is 4.90 Å². The predicted molar refractivity (Wildman–Crippen MR) is 99.8 cm³/mol. The van der Waals surface area contributed by atoms with Crippen molar-refractivity contribution in [3.8, 4) is 0 Å². The largest absolute Gasteiger partial charge is 0.338 e. The van der Waals surface area contributed by atoms with Crippen molar-refractivity contribution in [3.05, 3.63) is 63.7 Å². The molecule has 0 bridgehead atoms. The Morgan fingerprint density at radius 1 is 1.22 bits per heavy atom. The fourth-order valence-corrected chi connectivity index (χ4v) is 4.12. The van der Waals surface area contributed by atoms with Crippen molar-refractivity contribution in [2.75, 3.05) is 11.3 Å². The first-order valence-electron chi connectivity index (χ1n) is 8.47. The number of nitro benzene ring substituents is 1. The van der Waals surface area contributed by atoms with Gasteiger partial charge in [-0.05, 0) is 35.7 Å². The number of nitrogens with one attached hydrogen (secondary N) is 1. The Hall–Kier alpha value is -2.94. The topological polar surface area (TPSA) is 110 Å². The second-order valence-corrected chi connectivity index (χ2v) is 7.94. The molecule has 2 aromatic carbocycles. The monoisotopic (exact) mass is 389 g/mol. The highest BCUT2D eigenvalue weighted by molar-refractivity contribution is 7.92. The van der Waals surface area contributed by atoms with E-state index in [2.05, 4.69) is 4.72 Å². The molecular formula is C18H19N3O5S. The van der Waals surface area contributed by atoms with Crippen molar-refractivity contribution in [2.24, 2.45) is 0 Å². The lowest BCUT2D eigenvalue weighted by Gasteiger charge is -2.29. The second kappa shape index (κ2) is 7.36. The minimum Gasteiger partial charge on any atom is -0.338 e. The van der Waals surface area contributed by atoms with Crippen molar-refractivity contribution >= 4 is 27.3 Å². The maximum absolute atomic E-state index is 12.6. The standard InChI is InChI=1S/C18H19N3O5S/c1-2-18(22)20-9-8-13-6-7-15(10-14(13)12-20)19-27(25,26)17-5-3-4-16(11-17)21(23)24/h3-7,10-11,19H,2,8-9,12H2,1H3. The van der Waals surface area contributed by atoms with Crippen molar-refractivity contribution < 1.29 is 18.1 Å². The average molecular weight is 389 g/mol. The first kappa shape index (κ1) is 18.8. The molecule has 0 aliphatic carbocycles. The third-order valence-corrected chi connectivity index (χ3v) is 5.84. The maximum Gasteiger partial charge on any atom is 0.270 e. The number of carbonyl (C=O) groups excluding carboxylic acids is 1. The molecule has 9 heteroatoms. The van der Waals surface area contributed by atoms with E-state index in [1.54, 1.807) is 24.0 Å². The van der Waals surface area contributed by atoms with Crippen molar-refractivity contribution in [2.45, 2.75) is 31.2 Å². The molecule has 1 N–H and O–H groups in total. The number of sulfonamides is 1. The molecule has 0 saturated carbocycles. The number of benzene rings is 2. The molecule has 1 heterocycles. The number of non-ortho nitro benzene ring substituents is 1. The molecule has 1 aliphatic heterocycles. The Morgan fingerprint density at radius 3 is 2.70 bits per heavy atom. The van der Waals surface area contributed by atoms with Gasteiger partial charge >= 0.3 is 0 Å². The Bertz CT molecular complexity index is 1000. The molecule has 0 saturated heterocycles. The molecule has 2 aromatic rings. The molecule has 0 fully saturated rings. The van der Waals surface area contributed by atoms with Gasteiger partial charge in [-0.3, -0.25) is 19.6 Å². The number of hydrogen-bond donors (Lipinski definition) is 1. The Kier molecular flexibility index (Phi) is 5.13. The third-order valence-electron chi connectivity index (χ3n) is 4.46. The summed E-state index contributed by atoms with van der Waals surface area (Å²) in [5.41, 5.74) is 2.03. The van der Waals surface area contributed by atoms with Gasteiger partial charge in [0.15, 0.2) is 0 Å². The van der Waals surface area contributed by atoms with Gasteiger partial charge in [0.1, 0.15) is 0 Å². The zero-order valence-corrected chi connectivity index (χ0v) is 15.5. The van der Waals surface area contributed by atoms with Gasteiger partial charge in [0, 0.05) is 37.3 Å². The summed E-state index contributed by atoms with van der Waals surface area (Å²) in [6.45, 7) is 2.90. The van der Waals surface area contributed by atoms with Gasteiger partial charge in [0.25, 0.3) is 15.7 Å². The second-order valence-electron chi connectivity index (χ2n) is 6.26. The van der Waals surface area contributed by atoms with Crippen LogP contribution in [0.5, 0.6) is 0 Å². The zero-order valence-electron chi connectivity index (χ0n) is 14.7. The normalized spacial score (nSPS) is 13.7. The highest BCUT2D eigenvalue weighted by Gasteiger charge is 2.22. The lowest BCUT2D eigenvalue weighted by atomic mass is 9.99. The first-order valence-corrected chi connectivity index (χ1v) is 9.95. The van der Waals surface area contributed by atoms with Gasteiger partial charge < -0.3 is 4.90 Å². The van der Waals surface area contributed by atoms with Gasteiger partial charge in [0.05, 0.1) is 9.82 Å². The first-order chi connectivity index (χ1) is 12.8. The Morgan fingerprint density at radius 2 is 2.00 bits per heavy atom. The summed E-state index contributed by atoms with van der Waals surface area (Å²) < 4.78 is 27.6. The molecule has 0 aromatic heterocycles. The molecule has 27 heavy (non-hydrogen) atoms. The van der Waals surface area contributed by atoms with Crippen LogP contribution in [0.3, 0.4) is 0 Å². The Labute approximate surface area is 157 Å². The summed E-state index contributed by atoms with van der Waals surface area (Å²) in [5.74, 6) is 0.0585. The number of nitro groups is 1. The minimum absolute atomic E-state index is 0.0585. The number of hydrogen-bond acceptors (Lipinski definition) is 5. The van der Waals surface area contributed by atoms with E-state index in [1.165, 1.54) is 18.2 Å². The van der Waals surface area contributed by atoms with Gasteiger partial charge in [-0.2, -0.15) is 0 Å². The van der Waals surface area contributed by atoms with E-state index in [0.717, 1.165) is 23.6 Å². The fourth-order valence-electron chi connectivity index (χ4n) is 3.04. The number of nitrogens with zero attached hydrogens (tertiary/aromatic N) is 2. The van der Waals surface area contributed by atoms with Crippen LogP contribution in [-0.4, -0.2) is 30.7 Å². The summed E-state index contributed by atoms with van der Waals surface area (Å²) in [5, 5.41) is 10.9. The minimum atomic E-state index is -3.97. The molecule has 1 aliphatic rings. The van der Waals surface area contributed by atoms with Crippen LogP contribution in [0.1, 0.15) is 24.5 Å². The lowest BCUT2D eigenvalue weighted by molar-refractivity contribution is -0.385. The van der Waals surface area contributed by atoms with E-state index >= 15 is 0 Å². The van der Waals surface area contributed by atoms with E-state index in [0.29, 0.717) is 25.2 Å². The van der Waals surface area contributed by atoms with E-state index in [9.17, 15) is 23.3 Å². The van der Waals surface area contributed by atoms with Crippen molar-refractivity contribution in [1.29, 1.82) is 0 Å². The van der Waals surface area contributed by atoms with Gasteiger partial charge in [-0.1, -0.05) is 19.1 Å². The van der Waals surface area contributed by atoms with E-state index in [-0.39, 0.29) is 16.5 Å². The van der Waals surface area contributed by atoms with Crippen molar-refractivity contribution in [3.63, 3.8) is 0 Å². The SMILES string of the molecule is CCC(=O)N1CCc2ccc(NS(=O)(=O)c3cccc([N+](=O)[O-])c3)cc2C1.